The zero-order valence-electron chi connectivity index (χ0n) is 9.65. The van der Waals surface area contributed by atoms with E-state index < -0.39 is 23.0 Å². The number of aromatic amines is 1. The van der Waals surface area contributed by atoms with E-state index in [0.717, 1.165) is 23.9 Å². The van der Waals surface area contributed by atoms with Crippen molar-refractivity contribution in [2.45, 2.75) is 23.5 Å². The van der Waals surface area contributed by atoms with E-state index in [2.05, 4.69) is 9.97 Å². The fourth-order valence-corrected chi connectivity index (χ4v) is 2.19. The molecular formula is C11H9F3N2O2S. The SMILES string of the molecule is CC(Sc1nc2ccc(C(F)(F)F)cc2[nH]1)C(=O)O. The summed E-state index contributed by atoms with van der Waals surface area (Å²) in [6.45, 7) is 1.47. The van der Waals surface area contributed by atoms with E-state index in [1.54, 1.807) is 0 Å². The lowest BCUT2D eigenvalue weighted by Crippen LogP contribution is -2.11. The third kappa shape index (κ3) is 3.01. The van der Waals surface area contributed by atoms with Gasteiger partial charge in [0, 0.05) is 0 Å². The zero-order valence-corrected chi connectivity index (χ0v) is 10.5. The Labute approximate surface area is 110 Å². The molecule has 19 heavy (non-hydrogen) atoms. The molecule has 0 saturated carbocycles. The van der Waals surface area contributed by atoms with E-state index in [1.165, 1.54) is 13.0 Å². The summed E-state index contributed by atoms with van der Waals surface area (Å²) in [5.74, 6) is -1.01. The molecule has 1 aromatic heterocycles. The van der Waals surface area contributed by atoms with Crippen molar-refractivity contribution in [3.8, 4) is 0 Å². The first-order chi connectivity index (χ1) is 8.77. The molecule has 1 heterocycles. The van der Waals surface area contributed by atoms with Crippen LogP contribution >= 0.6 is 11.8 Å². The number of carboxylic acids is 1. The average Bonchev–Trinajstić information content (AvgIpc) is 2.68. The summed E-state index contributed by atoms with van der Waals surface area (Å²) in [5, 5.41) is 8.31. The van der Waals surface area contributed by atoms with Gasteiger partial charge in [0.15, 0.2) is 5.16 Å². The summed E-state index contributed by atoms with van der Waals surface area (Å²) in [6.07, 6.45) is -4.42. The van der Waals surface area contributed by atoms with Crippen molar-refractivity contribution < 1.29 is 23.1 Å². The van der Waals surface area contributed by atoms with Gasteiger partial charge in [0.05, 0.1) is 16.6 Å². The number of rotatable bonds is 3. The topological polar surface area (TPSA) is 66.0 Å². The van der Waals surface area contributed by atoms with Crippen LogP contribution in [0.25, 0.3) is 11.0 Å². The molecule has 0 aliphatic heterocycles. The number of thioether (sulfide) groups is 1. The standard InChI is InChI=1S/C11H9F3N2O2S/c1-5(9(17)18)19-10-15-7-3-2-6(11(12,13)14)4-8(7)16-10/h2-5H,1H3,(H,15,16)(H,17,18). The first kappa shape index (κ1) is 13.7. The highest BCUT2D eigenvalue weighted by molar-refractivity contribution is 8.00. The van der Waals surface area contributed by atoms with Crippen molar-refractivity contribution in [3.05, 3.63) is 23.8 Å². The van der Waals surface area contributed by atoms with Gasteiger partial charge in [-0.05, 0) is 25.1 Å². The third-order valence-corrected chi connectivity index (χ3v) is 3.40. The van der Waals surface area contributed by atoms with Gasteiger partial charge in [0.1, 0.15) is 5.25 Å². The lowest BCUT2D eigenvalue weighted by atomic mass is 10.2. The second kappa shape index (κ2) is 4.76. The van der Waals surface area contributed by atoms with E-state index in [1.807, 2.05) is 0 Å². The van der Waals surface area contributed by atoms with Gasteiger partial charge >= 0.3 is 12.1 Å². The Kier molecular flexibility index (Phi) is 3.44. The minimum atomic E-state index is -4.42. The normalized spacial score (nSPS) is 13.7. The maximum Gasteiger partial charge on any atom is 0.416 e. The summed E-state index contributed by atoms with van der Waals surface area (Å²) in [6, 6.07) is 3.15. The molecule has 0 aliphatic rings. The summed E-state index contributed by atoms with van der Waals surface area (Å²) in [5.41, 5.74) is -0.172. The van der Waals surface area contributed by atoms with Gasteiger partial charge in [0.25, 0.3) is 0 Å². The number of halogens is 3. The Balaban J connectivity index is 2.33. The Bertz CT molecular complexity index is 624. The van der Waals surface area contributed by atoms with Gasteiger partial charge in [-0.15, -0.1) is 0 Å². The molecule has 2 rings (SSSR count). The number of nitrogens with one attached hydrogen (secondary N) is 1. The minimum absolute atomic E-state index is 0.231. The number of hydrogen-bond donors (Lipinski definition) is 2. The summed E-state index contributed by atoms with van der Waals surface area (Å²) >= 11 is 0.943. The zero-order chi connectivity index (χ0) is 14.2. The second-order valence-electron chi connectivity index (χ2n) is 3.87. The van der Waals surface area contributed by atoms with Crippen LogP contribution in [0.2, 0.25) is 0 Å². The van der Waals surface area contributed by atoms with Crippen LogP contribution in [0.5, 0.6) is 0 Å². The highest BCUT2D eigenvalue weighted by Crippen LogP contribution is 2.32. The maximum absolute atomic E-state index is 12.5. The molecule has 1 unspecified atom stereocenters. The number of nitrogens with zero attached hydrogens (tertiary/aromatic N) is 1. The Morgan fingerprint density at radius 1 is 1.47 bits per heavy atom. The molecule has 0 bridgehead atoms. The van der Waals surface area contributed by atoms with Gasteiger partial charge in [0.2, 0.25) is 0 Å². The average molecular weight is 290 g/mol. The van der Waals surface area contributed by atoms with Crippen LogP contribution in [0.3, 0.4) is 0 Å². The fraction of sp³-hybridized carbons (Fsp3) is 0.273. The van der Waals surface area contributed by atoms with Gasteiger partial charge in [-0.1, -0.05) is 11.8 Å². The molecule has 0 amide bonds. The summed E-state index contributed by atoms with van der Waals surface area (Å²) in [7, 11) is 0. The Hall–Kier alpha value is -1.70. The van der Waals surface area contributed by atoms with Crippen molar-refractivity contribution in [1.82, 2.24) is 9.97 Å². The molecule has 2 N–H and O–H groups in total. The molecule has 0 spiro atoms. The van der Waals surface area contributed by atoms with Gasteiger partial charge in [-0.2, -0.15) is 13.2 Å². The number of imidazole rings is 1. The number of carbonyl (C=O) groups is 1. The molecule has 0 aliphatic carbocycles. The smallest absolute Gasteiger partial charge is 0.416 e. The molecule has 102 valence electrons. The number of fused-ring (bicyclic) bond motifs is 1. The number of carboxylic acid groups (broad SMARTS) is 1. The molecule has 0 fully saturated rings. The first-order valence-electron chi connectivity index (χ1n) is 5.24. The van der Waals surface area contributed by atoms with Crippen LogP contribution in [0, 0.1) is 0 Å². The third-order valence-electron chi connectivity index (χ3n) is 2.42. The maximum atomic E-state index is 12.5. The monoisotopic (exact) mass is 290 g/mol. The molecule has 0 radical (unpaired) electrons. The van der Waals surface area contributed by atoms with Gasteiger partial charge in [-0.3, -0.25) is 4.79 Å². The highest BCUT2D eigenvalue weighted by atomic mass is 32.2. The number of aliphatic carboxylic acids is 1. The van der Waals surface area contributed by atoms with Crippen LogP contribution in [-0.2, 0) is 11.0 Å². The molecule has 8 heteroatoms. The number of aromatic nitrogens is 2. The predicted molar refractivity (Wildman–Crippen MR) is 64.1 cm³/mol. The lowest BCUT2D eigenvalue weighted by Gasteiger charge is -2.05. The molecule has 1 aromatic carbocycles. The molecule has 1 atom stereocenters. The second-order valence-corrected chi connectivity index (χ2v) is 5.20. The molecule has 4 nitrogen and oxygen atoms in total. The Morgan fingerprint density at radius 3 is 2.74 bits per heavy atom. The van der Waals surface area contributed by atoms with Crippen molar-refractivity contribution in [2.75, 3.05) is 0 Å². The van der Waals surface area contributed by atoms with Crippen molar-refractivity contribution >= 4 is 28.8 Å². The van der Waals surface area contributed by atoms with Gasteiger partial charge in [-0.25, -0.2) is 4.98 Å². The number of benzene rings is 1. The van der Waals surface area contributed by atoms with E-state index in [9.17, 15) is 18.0 Å². The number of hydrogen-bond acceptors (Lipinski definition) is 3. The first-order valence-corrected chi connectivity index (χ1v) is 6.12. The summed E-state index contributed by atoms with van der Waals surface area (Å²) in [4.78, 5) is 17.4. The predicted octanol–water partition coefficient (Wildman–Crippen LogP) is 3.15. The molecule has 0 saturated heterocycles. The van der Waals surface area contributed by atoms with Crippen molar-refractivity contribution in [2.24, 2.45) is 0 Å². The van der Waals surface area contributed by atoms with Gasteiger partial charge < -0.3 is 10.1 Å². The minimum Gasteiger partial charge on any atom is -0.480 e. The van der Waals surface area contributed by atoms with Crippen LogP contribution in [-0.4, -0.2) is 26.3 Å². The van der Waals surface area contributed by atoms with Crippen molar-refractivity contribution in [1.29, 1.82) is 0 Å². The van der Waals surface area contributed by atoms with Crippen molar-refractivity contribution in [3.63, 3.8) is 0 Å². The van der Waals surface area contributed by atoms with Crippen LogP contribution in [0.1, 0.15) is 12.5 Å². The molecular weight excluding hydrogens is 281 g/mol. The molecule has 2 aromatic rings. The quantitative estimate of drug-likeness (QED) is 0.852. The van der Waals surface area contributed by atoms with E-state index in [0.29, 0.717) is 5.52 Å². The van der Waals surface area contributed by atoms with E-state index in [-0.39, 0.29) is 10.7 Å². The highest BCUT2D eigenvalue weighted by Gasteiger charge is 2.30. The van der Waals surface area contributed by atoms with E-state index in [4.69, 9.17) is 5.11 Å². The van der Waals surface area contributed by atoms with Crippen LogP contribution in [0.4, 0.5) is 13.2 Å². The largest absolute Gasteiger partial charge is 0.480 e. The van der Waals surface area contributed by atoms with Crippen LogP contribution < -0.4 is 0 Å². The number of H-pyrrole nitrogens is 1. The fourth-order valence-electron chi connectivity index (χ4n) is 1.44. The lowest BCUT2D eigenvalue weighted by molar-refractivity contribution is -0.137. The summed E-state index contributed by atoms with van der Waals surface area (Å²) < 4.78 is 37.6. The number of alkyl halides is 3. The van der Waals surface area contributed by atoms with E-state index >= 15 is 0 Å². The van der Waals surface area contributed by atoms with Crippen LogP contribution in [0.15, 0.2) is 23.4 Å². The Morgan fingerprint density at radius 2 is 2.16 bits per heavy atom.